The van der Waals surface area contributed by atoms with Crippen molar-refractivity contribution in [3.8, 4) is 0 Å². The minimum Gasteiger partial charge on any atom is -0.449 e. The van der Waals surface area contributed by atoms with Gasteiger partial charge in [-0.05, 0) is 18.1 Å². The van der Waals surface area contributed by atoms with Gasteiger partial charge in [-0.3, -0.25) is 19.5 Å². The molecule has 1 aromatic carbocycles. The second-order valence-electron chi connectivity index (χ2n) is 8.43. The van der Waals surface area contributed by atoms with Crippen LogP contribution in [0.3, 0.4) is 0 Å². The van der Waals surface area contributed by atoms with Crippen LogP contribution < -0.4 is 10.6 Å². The smallest absolute Gasteiger partial charge is 0.440 e. The third kappa shape index (κ3) is 3.61. The van der Waals surface area contributed by atoms with Gasteiger partial charge in [0.1, 0.15) is 0 Å². The number of nitrogens with one attached hydrogen (secondary N) is 2. The number of alkyl halides is 4. The van der Waals surface area contributed by atoms with Crippen LogP contribution in [0.4, 0.5) is 28.3 Å². The van der Waals surface area contributed by atoms with Crippen LogP contribution in [0.25, 0.3) is 11.0 Å². The van der Waals surface area contributed by atoms with E-state index in [9.17, 15) is 27.6 Å². The Bertz CT molecular complexity index is 1210. The standard InChI is InChI=1S/C19H17Cl2F4N5O4/c1-8(2)5-34-16(33)29-6-17(22,7-29)13(31)28-18(19(23,24)25)14(32)27-15-26-11-3-9(20)10(21)4-12(11)30(15)18/h3-4,8H,5-7H2,1-2H3,(H,28,31)(H,26,27,32). The van der Waals surface area contributed by atoms with Crippen molar-refractivity contribution in [2.45, 2.75) is 31.4 Å². The van der Waals surface area contributed by atoms with E-state index in [-0.39, 0.29) is 33.6 Å². The lowest BCUT2D eigenvalue weighted by Crippen LogP contribution is -2.72. The number of fused-ring (bicyclic) bond motifs is 3. The number of hydrogen-bond donors (Lipinski definition) is 2. The second kappa shape index (κ2) is 7.87. The highest BCUT2D eigenvalue weighted by molar-refractivity contribution is 6.42. The van der Waals surface area contributed by atoms with Crippen LogP contribution in [0.2, 0.25) is 10.0 Å². The number of hydrogen-bond acceptors (Lipinski definition) is 5. The van der Waals surface area contributed by atoms with Crippen LogP contribution in [0.15, 0.2) is 12.1 Å². The average molecular weight is 526 g/mol. The summed E-state index contributed by atoms with van der Waals surface area (Å²) in [6.07, 6.45) is -6.33. The Morgan fingerprint density at radius 1 is 1.26 bits per heavy atom. The number of aromatic nitrogens is 2. The first-order chi connectivity index (χ1) is 15.7. The monoisotopic (exact) mass is 525 g/mol. The number of anilines is 1. The predicted molar refractivity (Wildman–Crippen MR) is 112 cm³/mol. The number of nitrogens with zero attached hydrogens (tertiary/aromatic N) is 3. The highest BCUT2D eigenvalue weighted by Gasteiger charge is 2.69. The number of carbonyl (C=O) groups is 3. The maximum Gasteiger partial charge on any atom is 0.440 e. The Morgan fingerprint density at radius 2 is 1.88 bits per heavy atom. The predicted octanol–water partition coefficient (Wildman–Crippen LogP) is 3.44. The molecule has 9 nitrogen and oxygen atoms in total. The van der Waals surface area contributed by atoms with E-state index < -0.39 is 54.5 Å². The van der Waals surface area contributed by atoms with Gasteiger partial charge in [-0.25, -0.2) is 14.2 Å². The molecule has 0 aliphatic carbocycles. The van der Waals surface area contributed by atoms with Crippen LogP contribution >= 0.6 is 23.2 Å². The van der Waals surface area contributed by atoms with Gasteiger partial charge in [0.2, 0.25) is 11.6 Å². The van der Waals surface area contributed by atoms with Crippen LogP contribution in [0.1, 0.15) is 13.8 Å². The summed E-state index contributed by atoms with van der Waals surface area (Å²) >= 11 is 11.8. The lowest BCUT2D eigenvalue weighted by molar-refractivity contribution is -0.220. The number of likely N-dealkylation sites (tertiary alicyclic amines) is 1. The zero-order chi connectivity index (χ0) is 25.2. The molecule has 1 fully saturated rings. The molecule has 4 rings (SSSR count). The first-order valence-electron chi connectivity index (χ1n) is 9.89. The van der Waals surface area contributed by atoms with Crippen LogP contribution in [0.5, 0.6) is 0 Å². The molecule has 1 aromatic heterocycles. The molecule has 1 unspecified atom stereocenters. The molecule has 2 aromatic rings. The van der Waals surface area contributed by atoms with Crippen molar-refractivity contribution in [1.29, 1.82) is 0 Å². The van der Waals surface area contributed by atoms with Gasteiger partial charge in [-0.1, -0.05) is 37.0 Å². The zero-order valence-electron chi connectivity index (χ0n) is 17.6. The molecule has 2 aliphatic rings. The molecule has 3 heterocycles. The van der Waals surface area contributed by atoms with Gasteiger partial charge in [-0.15, -0.1) is 0 Å². The van der Waals surface area contributed by atoms with E-state index in [0.717, 1.165) is 11.0 Å². The van der Waals surface area contributed by atoms with Crippen LogP contribution in [-0.4, -0.2) is 63.9 Å². The van der Waals surface area contributed by atoms with Gasteiger partial charge in [0.15, 0.2) is 0 Å². The number of rotatable bonds is 4. The summed E-state index contributed by atoms with van der Waals surface area (Å²) in [5, 5.41) is 3.35. The summed E-state index contributed by atoms with van der Waals surface area (Å²) in [5.41, 5.74) is -6.93. The molecule has 3 amide bonds. The minimum atomic E-state index is -5.42. The van der Waals surface area contributed by atoms with E-state index >= 15 is 4.39 Å². The van der Waals surface area contributed by atoms with Gasteiger partial charge < -0.3 is 15.0 Å². The van der Waals surface area contributed by atoms with Crippen molar-refractivity contribution in [2.24, 2.45) is 5.92 Å². The first-order valence-corrected chi connectivity index (χ1v) is 10.6. The fourth-order valence-electron chi connectivity index (χ4n) is 3.67. The number of halogens is 6. The Labute approximate surface area is 199 Å². The molecule has 184 valence electrons. The largest absolute Gasteiger partial charge is 0.449 e. The molecule has 34 heavy (non-hydrogen) atoms. The van der Waals surface area contributed by atoms with Crippen molar-refractivity contribution >= 4 is 58.1 Å². The maximum absolute atomic E-state index is 15.2. The number of benzene rings is 1. The summed E-state index contributed by atoms with van der Waals surface area (Å²) in [4.78, 5) is 41.9. The van der Waals surface area contributed by atoms with Crippen molar-refractivity contribution < 1.29 is 36.7 Å². The topological polar surface area (TPSA) is 106 Å². The summed E-state index contributed by atoms with van der Waals surface area (Å²) in [7, 11) is 0. The summed E-state index contributed by atoms with van der Waals surface area (Å²) in [6.45, 7) is 1.90. The van der Waals surface area contributed by atoms with Crippen LogP contribution in [-0.2, 0) is 20.0 Å². The molecular formula is C19H17Cl2F4N5O4. The summed E-state index contributed by atoms with van der Waals surface area (Å²) < 4.78 is 63.6. The lowest BCUT2D eigenvalue weighted by atomic mass is 9.94. The van der Waals surface area contributed by atoms with Gasteiger partial charge in [0.05, 0.1) is 40.8 Å². The highest BCUT2D eigenvalue weighted by atomic mass is 35.5. The van der Waals surface area contributed by atoms with Crippen molar-refractivity contribution in [3.63, 3.8) is 0 Å². The lowest BCUT2D eigenvalue weighted by Gasteiger charge is -2.43. The van der Waals surface area contributed by atoms with Gasteiger partial charge in [0.25, 0.3) is 17.5 Å². The molecular weight excluding hydrogens is 509 g/mol. The molecule has 0 bridgehead atoms. The molecule has 2 aliphatic heterocycles. The Morgan fingerprint density at radius 3 is 2.47 bits per heavy atom. The van der Waals surface area contributed by atoms with Gasteiger partial charge in [0, 0.05) is 0 Å². The summed E-state index contributed by atoms with van der Waals surface area (Å²) in [5.74, 6) is -3.97. The quantitative estimate of drug-likeness (QED) is 0.595. The Hall–Kier alpha value is -2.80. The van der Waals surface area contributed by atoms with E-state index in [1.54, 1.807) is 13.8 Å². The van der Waals surface area contributed by atoms with E-state index in [2.05, 4.69) is 4.98 Å². The molecule has 1 saturated heterocycles. The normalized spacial score (nSPS) is 21.3. The SMILES string of the molecule is CC(C)COC(=O)N1CC(F)(C(=O)NC2(C(F)(F)F)C(=O)Nc3nc4cc(Cl)c(Cl)cc4n32)C1. The van der Waals surface area contributed by atoms with Crippen molar-refractivity contribution in [1.82, 2.24) is 19.8 Å². The number of amides is 3. The highest BCUT2D eigenvalue weighted by Crippen LogP contribution is 2.45. The second-order valence-corrected chi connectivity index (χ2v) is 9.25. The Balaban J connectivity index is 1.66. The first kappa shape index (κ1) is 24.3. The number of carbonyl (C=O) groups excluding carboxylic acids is 3. The molecule has 0 radical (unpaired) electrons. The fraction of sp³-hybridized carbons (Fsp3) is 0.474. The van der Waals surface area contributed by atoms with E-state index in [1.165, 1.54) is 11.4 Å². The minimum absolute atomic E-state index is 0.000495. The average Bonchev–Trinajstić information content (AvgIpc) is 3.17. The molecule has 0 saturated carbocycles. The molecule has 0 spiro atoms. The van der Waals surface area contributed by atoms with Gasteiger partial charge >= 0.3 is 12.3 Å². The summed E-state index contributed by atoms with van der Waals surface area (Å²) in [6, 6.07) is 2.23. The van der Waals surface area contributed by atoms with E-state index in [0.29, 0.717) is 4.57 Å². The molecule has 1 atom stereocenters. The zero-order valence-corrected chi connectivity index (χ0v) is 19.1. The van der Waals surface area contributed by atoms with Crippen molar-refractivity contribution in [3.05, 3.63) is 22.2 Å². The van der Waals surface area contributed by atoms with Crippen molar-refractivity contribution in [2.75, 3.05) is 25.0 Å². The third-order valence-electron chi connectivity index (χ3n) is 5.38. The van der Waals surface area contributed by atoms with Gasteiger partial charge in [-0.2, -0.15) is 13.2 Å². The van der Waals surface area contributed by atoms with E-state index in [1.807, 2.05) is 5.32 Å². The fourth-order valence-corrected chi connectivity index (χ4v) is 3.98. The number of ether oxygens (including phenoxy) is 1. The Kier molecular flexibility index (Phi) is 5.63. The van der Waals surface area contributed by atoms with E-state index in [4.69, 9.17) is 27.9 Å². The molecule has 15 heteroatoms. The third-order valence-corrected chi connectivity index (χ3v) is 6.10. The molecule has 2 N–H and O–H groups in total. The van der Waals surface area contributed by atoms with Crippen LogP contribution in [0, 0.1) is 5.92 Å². The number of imidazole rings is 1. The maximum atomic E-state index is 15.2.